The Morgan fingerprint density at radius 1 is 0.500 bits per heavy atom. The lowest BCUT2D eigenvalue weighted by Crippen LogP contribution is -2.19. The largest absolute Gasteiger partial charge is 0.493 e. The zero-order valence-corrected chi connectivity index (χ0v) is 23.9. The average molecular weight is 609 g/mol. The number of nitrogens with zero attached hydrogens (tertiary/aromatic N) is 2. The van der Waals surface area contributed by atoms with Gasteiger partial charge in [-0.05, 0) is 74.8 Å². The van der Waals surface area contributed by atoms with Crippen LogP contribution in [0.4, 0.5) is 22.7 Å². The average Bonchev–Trinajstić information content (AvgIpc) is 3.02. The van der Waals surface area contributed by atoms with E-state index in [0.717, 1.165) is 16.2 Å². The Morgan fingerprint density at radius 3 is 1.61 bits per heavy atom. The molecular formula is C36H24N4O6. The van der Waals surface area contributed by atoms with Crippen molar-refractivity contribution in [3.8, 4) is 0 Å². The van der Waals surface area contributed by atoms with Crippen LogP contribution < -0.4 is 11.5 Å². The second-order valence-corrected chi connectivity index (χ2v) is 10.8. The van der Waals surface area contributed by atoms with Gasteiger partial charge in [-0.2, -0.15) is 0 Å². The highest BCUT2D eigenvalue weighted by atomic mass is 16.4. The Morgan fingerprint density at radius 2 is 1.04 bits per heavy atom. The molecule has 224 valence electrons. The van der Waals surface area contributed by atoms with Crippen LogP contribution in [-0.2, 0) is 0 Å². The lowest BCUT2D eigenvalue weighted by molar-refractivity contribution is 0.0695. The molecule has 10 nitrogen and oxygen atoms in total. The van der Waals surface area contributed by atoms with Gasteiger partial charge in [-0.25, -0.2) is 19.6 Å². The highest BCUT2D eigenvalue weighted by Gasteiger charge is 2.32. The SMILES string of the molecule is Nc1cccc(N=C(O)c2c(C(=O)O)c3c(C(=O)O)ccc4c5cccc6cccc(c(c2C(O)=Nc2cccc(N)c2)c34)c65)c1. The predicted octanol–water partition coefficient (Wildman–Crippen LogP) is 7.57. The molecule has 0 unspecified atom stereocenters. The highest BCUT2D eigenvalue weighted by Crippen LogP contribution is 2.46. The zero-order chi connectivity index (χ0) is 32.3. The van der Waals surface area contributed by atoms with Crippen LogP contribution in [-0.4, -0.2) is 44.2 Å². The number of aliphatic hydroxyl groups is 2. The third-order valence-corrected chi connectivity index (χ3v) is 8.02. The normalized spacial score (nSPS) is 12.4. The van der Waals surface area contributed by atoms with Crippen molar-refractivity contribution >= 4 is 89.6 Å². The molecule has 8 N–H and O–H groups in total. The van der Waals surface area contributed by atoms with E-state index in [0.29, 0.717) is 22.1 Å². The molecule has 0 aliphatic rings. The fourth-order valence-corrected chi connectivity index (χ4v) is 6.27. The van der Waals surface area contributed by atoms with Crippen molar-refractivity contribution < 1.29 is 30.0 Å². The van der Waals surface area contributed by atoms with Gasteiger partial charge in [0.15, 0.2) is 0 Å². The van der Waals surface area contributed by atoms with Gasteiger partial charge in [0, 0.05) is 22.1 Å². The molecule has 0 saturated heterocycles. The van der Waals surface area contributed by atoms with Crippen LogP contribution in [0.15, 0.2) is 107 Å². The molecule has 46 heavy (non-hydrogen) atoms. The third-order valence-electron chi connectivity index (χ3n) is 8.02. The van der Waals surface area contributed by atoms with Crippen LogP contribution >= 0.6 is 0 Å². The highest BCUT2D eigenvalue weighted by molar-refractivity contribution is 6.40. The molecule has 0 aliphatic heterocycles. The fourth-order valence-electron chi connectivity index (χ4n) is 6.27. The number of hydrogen-bond acceptors (Lipinski definition) is 6. The molecule has 0 radical (unpaired) electrons. The number of fused-ring (bicyclic) bond motifs is 2. The van der Waals surface area contributed by atoms with Gasteiger partial charge in [0.25, 0.3) is 0 Å². The van der Waals surface area contributed by atoms with E-state index in [-0.39, 0.29) is 38.7 Å². The van der Waals surface area contributed by atoms with Crippen molar-refractivity contribution in [3.63, 3.8) is 0 Å². The Hall–Kier alpha value is -6.68. The summed E-state index contributed by atoms with van der Waals surface area (Å²) in [6.07, 6.45) is 0. The number of benzene rings is 7. The summed E-state index contributed by atoms with van der Waals surface area (Å²) in [5.74, 6) is -4.36. The maximum absolute atomic E-state index is 13.2. The minimum Gasteiger partial charge on any atom is -0.493 e. The first-order valence-corrected chi connectivity index (χ1v) is 14.1. The summed E-state index contributed by atoms with van der Waals surface area (Å²) < 4.78 is 0. The summed E-state index contributed by atoms with van der Waals surface area (Å²) in [7, 11) is 0. The van der Waals surface area contributed by atoms with E-state index in [1.807, 2.05) is 24.3 Å². The topological polar surface area (TPSA) is 192 Å². The first-order chi connectivity index (χ1) is 22.1. The number of carboxylic acid groups (broad SMARTS) is 2. The molecule has 10 heteroatoms. The van der Waals surface area contributed by atoms with E-state index in [1.165, 1.54) is 18.2 Å². The number of aromatic carboxylic acids is 2. The molecule has 0 atom stereocenters. The van der Waals surface area contributed by atoms with Gasteiger partial charge in [-0.1, -0.05) is 54.6 Å². The monoisotopic (exact) mass is 608 g/mol. The number of aliphatic hydroxyl groups excluding tert-OH is 2. The van der Waals surface area contributed by atoms with Crippen LogP contribution in [0.5, 0.6) is 0 Å². The summed E-state index contributed by atoms with van der Waals surface area (Å²) in [5.41, 5.74) is 11.6. The molecule has 0 bridgehead atoms. The Labute approximate surface area is 260 Å². The summed E-state index contributed by atoms with van der Waals surface area (Å²) in [6.45, 7) is 0. The maximum Gasteiger partial charge on any atom is 0.337 e. The van der Waals surface area contributed by atoms with E-state index in [2.05, 4.69) is 9.98 Å². The predicted molar refractivity (Wildman–Crippen MR) is 181 cm³/mol. The van der Waals surface area contributed by atoms with Crippen LogP contribution in [0.3, 0.4) is 0 Å². The maximum atomic E-state index is 13.2. The van der Waals surface area contributed by atoms with Crippen LogP contribution in [0.25, 0.3) is 43.1 Å². The second-order valence-electron chi connectivity index (χ2n) is 10.8. The molecule has 0 spiro atoms. The van der Waals surface area contributed by atoms with Crippen LogP contribution in [0, 0.1) is 0 Å². The number of anilines is 2. The Bertz CT molecular complexity index is 2480. The van der Waals surface area contributed by atoms with Crippen molar-refractivity contribution in [3.05, 3.63) is 119 Å². The molecule has 7 rings (SSSR count). The van der Waals surface area contributed by atoms with Gasteiger partial charge in [0.05, 0.1) is 33.6 Å². The molecule has 0 fully saturated rings. The van der Waals surface area contributed by atoms with Gasteiger partial charge >= 0.3 is 11.9 Å². The molecule has 0 aliphatic carbocycles. The summed E-state index contributed by atoms with van der Waals surface area (Å²) in [5, 5.41) is 48.7. The molecule has 7 aromatic carbocycles. The van der Waals surface area contributed by atoms with Crippen molar-refractivity contribution in [1.29, 1.82) is 0 Å². The number of aliphatic imine (C=N–C) groups is 2. The lowest BCUT2D eigenvalue weighted by Gasteiger charge is -2.22. The van der Waals surface area contributed by atoms with Crippen LogP contribution in [0.2, 0.25) is 0 Å². The Kier molecular flexibility index (Phi) is 6.41. The molecular weight excluding hydrogens is 584 g/mol. The standard InChI is InChI=1S/C36H24N4O6/c37-18-7-3-9-20(15-18)39-33(41)30-28-24-12-2-6-17-5-1-11-22(26(17)24)23-13-14-25(35(43)44)29(27(23)28)32(36(45)46)31(30)34(42)40-21-10-4-8-19(38)16-21/h1-16H,37-38H2,(H,39,41)(H,40,42)(H,43,44)(H,45,46). The van der Waals surface area contributed by atoms with Gasteiger partial charge in [-0.15, -0.1) is 0 Å². The van der Waals surface area contributed by atoms with Crippen LogP contribution in [0.1, 0.15) is 31.8 Å². The van der Waals surface area contributed by atoms with Crippen molar-refractivity contribution in [1.82, 2.24) is 0 Å². The first-order valence-electron chi connectivity index (χ1n) is 14.1. The number of carbonyl (C=O) groups is 2. The van der Waals surface area contributed by atoms with E-state index in [1.54, 1.807) is 54.6 Å². The molecule has 0 saturated carbocycles. The van der Waals surface area contributed by atoms with Crippen molar-refractivity contribution in [2.75, 3.05) is 11.5 Å². The molecule has 0 aromatic heterocycles. The van der Waals surface area contributed by atoms with E-state index >= 15 is 0 Å². The summed E-state index contributed by atoms with van der Waals surface area (Å²) in [6, 6.07) is 26.8. The molecule has 0 heterocycles. The number of hydrogen-bond donors (Lipinski definition) is 6. The van der Waals surface area contributed by atoms with Gasteiger partial charge in [-0.3, -0.25) is 0 Å². The lowest BCUT2D eigenvalue weighted by atomic mass is 9.81. The van der Waals surface area contributed by atoms with E-state index in [9.17, 15) is 30.0 Å². The minimum absolute atomic E-state index is 0.135. The number of rotatable bonds is 6. The quantitative estimate of drug-likeness (QED) is 0.0366. The number of nitrogen functional groups attached to an aromatic ring is 2. The van der Waals surface area contributed by atoms with Gasteiger partial charge in [0.1, 0.15) is 0 Å². The van der Waals surface area contributed by atoms with Gasteiger partial charge < -0.3 is 31.9 Å². The molecule has 7 aromatic rings. The van der Waals surface area contributed by atoms with E-state index < -0.39 is 34.9 Å². The van der Waals surface area contributed by atoms with Gasteiger partial charge in [0.2, 0.25) is 11.8 Å². The number of carboxylic acids is 2. The zero-order valence-electron chi connectivity index (χ0n) is 23.9. The molecule has 0 amide bonds. The Balaban J connectivity index is 1.79. The third kappa shape index (κ3) is 4.36. The summed E-state index contributed by atoms with van der Waals surface area (Å²) in [4.78, 5) is 34.6. The second kappa shape index (κ2) is 10.5. The fraction of sp³-hybridized carbons (Fsp3) is 0. The number of nitrogens with two attached hydrogens (primary N) is 2. The van der Waals surface area contributed by atoms with Crippen molar-refractivity contribution in [2.45, 2.75) is 0 Å². The minimum atomic E-state index is -1.55. The first kappa shape index (κ1) is 28.1. The summed E-state index contributed by atoms with van der Waals surface area (Å²) >= 11 is 0. The smallest absolute Gasteiger partial charge is 0.337 e. The van der Waals surface area contributed by atoms with Crippen molar-refractivity contribution in [2.24, 2.45) is 9.98 Å². The van der Waals surface area contributed by atoms with E-state index in [4.69, 9.17) is 11.5 Å².